The summed E-state index contributed by atoms with van der Waals surface area (Å²) in [5.41, 5.74) is 1.27. The Morgan fingerprint density at radius 3 is 2.43 bits per heavy atom. The fourth-order valence-electron chi connectivity index (χ4n) is 3.76. The molecular weight excluding hydrogens is 374 g/mol. The second-order valence-corrected chi connectivity index (χ2v) is 9.71. The molecular formula is C21H27N3O3S. The van der Waals surface area contributed by atoms with E-state index in [4.69, 9.17) is 0 Å². The van der Waals surface area contributed by atoms with Crippen LogP contribution in [-0.2, 0) is 10.0 Å². The first-order valence-corrected chi connectivity index (χ1v) is 11.0. The highest BCUT2D eigenvalue weighted by Crippen LogP contribution is 2.27. The van der Waals surface area contributed by atoms with Gasteiger partial charge in [-0.1, -0.05) is 19.9 Å². The van der Waals surface area contributed by atoms with Crippen molar-refractivity contribution < 1.29 is 13.2 Å². The van der Waals surface area contributed by atoms with E-state index in [9.17, 15) is 13.2 Å². The lowest BCUT2D eigenvalue weighted by Crippen LogP contribution is -2.42. The lowest BCUT2D eigenvalue weighted by molar-refractivity contribution is 0.0939. The van der Waals surface area contributed by atoms with Crippen molar-refractivity contribution in [2.24, 2.45) is 11.8 Å². The van der Waals surface area contributed by atoms with Crippen molar-refractivity contribution in [1.29, 1.82) is 0 Å². The maximum atomic E-state index is 13.1. The molecule has 0 saturated carbocycles. The molecule has 0 radical (unpaired) electrons. The van der Waals surface area contributed by atoms with Gasteiger partial charge in [0.25, 0.3) is 5.91 Å². The SMILES string of the molecule is CC1CC(C)CN(S(=O)(=O)c2cccc(C(=O)NC(C)c3ccncc3)c2)C1. The number of piperidine rings is 1. The van der Waals surface area contributed by atoms with E-state index in [0.717, 1.165) is 12.0 Å². The van der Waals surface area contributed by atoms with Gasteiger partial charge in [0.2, 0.25) is 10.0 Å². The van der Waals surface area contributed by atoms with Crippen LogP contribution in [0.3, 0.4) is 0 Å². The predicted octanol–water partition coefficient (Wildman–Crippen LogP) is 3.24. The zero-order valence-corrected chi connectivity index (χ0v) is 17.3. The van der Waals surface area contributed by atoms with E-state index in [1.54, 1.807) is 34.9 Å². The number of hydrogen-bond donors (Lipinski definition) is 1. The number of sulfonamides is 1. The Bertz CT molecular complexity index is 921. The number of rotatable bonds is 5. The monoisotopic (exact) mass is 401 g/mol. The smallest absolute Gasteiger partial charge is 0.251 e. The molecule has 1 aliphatic heterocycles. The molecule has 7 heteroatoms. The van der Waals surface area contributed by atoms with Crippen LogP contribution in [0.25, 0.3) is 0 Å². The summed E-state index contributed by atoms with van der Waals surface area (Å²) in [6.45, 7) is 7.06. The van der Waals surface area contributed by atoms with Gasteiger partial charge in [-0.25, -0.2) is 8.42 Å². The standard InChI is InChI=1S/C21H27N3O3S/c1-15-11-16(2)14-24(13-15)28(26,27)20-6-4-5-19(12-20)21(25)23-17(3)18-7-9-22-10-8-18/h4-10,12,15-17H,11,13-14H2,1-3H3,(H,23,25). The van der Waals surface area contributed by atoms with E-state index in [-0.39, 0.29) is 16.8 Å². The second-order valence-electron chi connectivity index (χ2n) is 7.77. The van der Waals surface area contributed by atoms with Crippen molar-refractivity contribution in [3.8, 4) is 0 Å². The fourth-order valence-corrected chi connectivity index (χ4v) is 5.49. The molecule has 150 valence electrons. The van der Waals surface area contributed by atoms with Gasteiger partial charge in [0.1, 0.15) is 0 Å². The number of benzene rings is 1. The van der Waals surface area contributed by atoms with Crippen LogP contribution in [0.2, 0.25) is 0 Å². The summed E-state index contributed by atoms with van der Waals surface area (Å²) in [6.07, 6.45) is 4.37. The molecule has 2 heterocycles. The number of nitrogens with zero attached hydrogens (tertiary/aromatic N) is 2. The highest BCUT2D eigenvalue weighted by atomic mass is 32.2. The van der Waals surface area contributed by atoms with Crippen LogP contribution in [0.15, 0.2) is 53.7 Å². The van der Waals surface area contributed by atoms with Gasteiger partial charge in [0.15, 0.2) is 0 Å². The summed E-state index contributed by atoms with van der Waals surface area (Å²) >= 11 is 0. The van der Waals surface area contributed by atoms with Gasteiger partial charge in [-0.3, -0.25) is 9.78 Å². The molecule has 1 saturated heterocycles. The largest absolute Gasteiger partial charge is 0.346 e. The highest BCUT2D eigenvalue weighted by Gasteiger charge is 2.32. The topological polar surface area (TPSA) is 79.4 Å². The number of aromatic nitrogens is 1. The maximum Gasteiger partial charge on any atom is 0.251 e. The van der Waals surface area contributed by atoms with E-state index in [1.165, 1.54) is 6.07 Å². The number of pyridine rings is 1. The molecule has 1 fully saturated rings. The Balaban J connectivity index is 1.78. The summed E-state index contributed by atoms with van der Waals surface area (Å²) in [6, 6.07) is 9.75. The summed E-state index contributed by atoms with van der Waals surface area (Å²) in [5.74, 6) is 0.346. The number of carbonyl (C=O) groups excluding carboxylic acids is 1. The van der Waals surface area contributed by atoms with E-state index in [0.29, 0.717) is 30.5 Å². The van der Waals surface area contributed by atoms with Crippen molar-refractivity contribution in [3.63, 3.8) is 0 Å². The first kappa shape index (κ1) is 20.5. The predicted molar refractivity (Wildman–Crippen MR) is 108 cm³/mol. The minimum atomic E-state index is -3.62. The Morgan fingerprint density at radius 2 is 1.79 bits per heavy atom. The molecule has 6 nitrogen and oxygen atoms in total. The Hall–Kier alpha value is -2.25. The van der Waals surface area contributed by atoms with Gasteiger partial charge in [0.05, 0.1) is 10.9 Å². The molecule has 3 rings (SSSR count). The third-order valence-electron chi connectivity index (χ3n) is 5.12. The number of amides is 1. The second kappa shape index (κ2) is 8.41. The van der Waals surface area contributed by atoms with E-state index >= 15 is 0 Å². The molecule has 1 N–H and O–H groups in total. The lowest BCUT2D eigenvalue weighted by atomic mass is 9.94. The molecule has 28 heavy (non-hydrogen) atoms. The number of nitrogens with one attached hydrogen (secondary N) is 1. The van der Waals surface area contributed by atoms with Gasteiger partial charge in [0, 0.05) is 31.0 Å². The maximum absolute atomic E-state index is 13.1. The molecule has 1 aromatic heterocycles. The van der Waals surface area contributed by atoms with Gasteiger partial charge >= 0.3 is 0 Å². The number of carbonyl (C=O) groups is 1. The summed E-state index contributed by atoms with van der Waals surface area (Å²) in [4.78, 5) is 16.8. The first-order chi connectivity index (χ1) is 13.3. The molecule has 0 bridgehead atoms. The van der Waals surface area contributed by atoms with Crippen LogP contribution >= 0.6 is 0 Å². The van der Waals surface area contributed by atoms with Crippen LogP contribution in [0.5, 0.6) is 0 Å². The van der Waals surface area contributed by atoms with Crippen molar-refractivity contribution in [2.45, 2.75) is 38.1 Å². The van der Waals surface area contributed by atoms with E-state index < -0.39 is 10.0 Å². The molecule has 2 aromatic rings. The van der Waals surface area contributed by atoms with Crippen molar-refractivity contribution in [2.75, 3.05) is 13.1 Å². The minimum absolute atomic E-state index is 0.165. The van der Waals surface area contributed by atoms with Gasteiger partial charge in [-0.2, -0.15) is 4.31 Å². The quantitative estimate of drug-likeness (QED) is 0.834. The minimum Gasteiger partial charge on any atom is -0.346 e. The van der Waals surface area contributed by atoms with Gasteiger partial charge in [-0.05, 0) is 61.1 Å². The van der Waals surface area contributed by atoms with Crippen molar-refractivity contribution in [3.05, 3.63) is 59.9 Å². The number of hydrogen-bond acceptors (Lipinski definition) is 4. The molecule has 0 aliphatic carbocycles. The van der Waals surface area contributed by atoms with Crippen LogP contribution in [-0.4, -0.2) is 36.7 Å². The molecule has 1 amide bonds. The molecule has 1 aromatic carbocycles. The Labute approximate surface area is 167 Å². The zero-order valence-electron chi connectivity index (χ0n) is 16.5. The van der Waals surface area contributed by atoms with Crippen LogP contribution in [0.4, 0.5) is 0 Å². The third-order valence-corrected chi connectivity index (χ3v) is 6.95. The highest BCUT2D eigenvalue weighted by molar-refractivity contribution is 7.89. The Morgan fingerprint density at radius 1 is 1.14 bits per heavy atom. The molecule has 3 unspecified atom stereocenters. The summed E-state index contributed by atoms with van der Waals surface area (Å²) < 4.78 is 27.7. The van der Waals surface area contributed by atoms with E-state index in [2.05, 4.69) is 24.1 Å². The van der Waals surface area contributed by atoms with Crippen LogP contribution < -0.4 is 5.32 Å². The average Bonchev–Trinajstić information content (AvgIpc) is 2.68. The van der Waals surface area contributed by atoms with Gasteiger partial charge < -0.3 is 5.32 Å². The molecule has 0 spiro atoms. The first-order valence-electron chi connectivity index (χ1n) is 9.58. The third kappa shape index (κ3) is 4.59. The van der Waals surface area contributed by atoms with Crippen molar-refractivity contribution >= 4 is 15.9 Å². The van der Waals surface area contributed by atoms with E-state index in [1.807, 2.05) is 19.1 Å². The van der Waals surface area contributed by atoms with Crippen LogP contribution in [0.1, 0.15) is 49.2 Å². The van der Waals surface area contributed by atoms with Crippen molar-refractivity contribution in [1.82, 2.24) is 14.6 Å². The summed E-state index contributed by atoms with van der Waals surface area (Å²) in [7, 11) is -3.62. The average molecular weight is 402 g/mol. The zero-order chi connectivity index (χ0) is 20.3. The normalized spacial score (nSPS) is 21.8. The van der Waals surface area contributed by atoms with Crippen LogP contribution in [0, 0.1) is 11.8 Å². The fraction of sp³-hybridized carbons (Fsp3) is 0.429. The Kier molecular flexibility index (Phi) is 6.15. The lowest BCUT2D eigenvalue weighted by Gasteiger charge is -2.34. The molecule has 3 atom stereocenters. The summed E-state index contributed by atoms with van der Waals surface area (Å²) in [5, 5.41) is 2.91. The van der Waals surface area contributed by atoms with Gasteiger partial charge in [-0.15, -0.1) is 0 Å². The molecule has 1 aliphatic rings.